The molecule has 0 atom stereocenters. The van der Waals surface area contributed by atoms with Crippen LogP contribution in [0.3, 0.4) is 0 Å². The van der Waals surface area contributed by atoms with E-state index >= 15 is 0 Å². The second-order valence-electron chi connectivity index (χ2n) is 5.16. The van der Waals surface area contributed by atoms with Crippen molar-refractivity contribution < 1.29 is 13.5 Å². The van der Waals surface area contributed by atoms with Crippen LogP contribution < -0.4 is 10.0 Å². The van der Waals surface area contributed by atoms with Crippen LogP contribution in [0.4, 0.5) is 11.6 Å². The molecule has 3 rings (SSSR count). The molecule has 0 spiro atoms. The maximum absolute atomic E-state index is 11.4. The van der Waals surface area contributed by atoms with Crippen molar-refractivity contribution in [2.45, 2.75) is 0 Å². The van der Waals surface area contributed by atoms with Crippen LogP contribution in [0.25, 0.3) is 21.3 Å². The lowest BCUT2D eigenvalue weighted by atomic mass is 10.1. The summed E-state index contributed by atoms with van der Waals surface area (Å²) in [7, 11) is -3.33. The van der Waals surface area contributed by atoms with Gasteiger partial charge in [0, 0.05) is 23.2 Å². The SMILES string of the molecule is CS(=O)(=O)Nc1cccc(-c2csc3cnc(NCCO)nc23)c1. The largest absolute Gasteiger partial charge is 0.395 e. The van der Waals surface area contributed by atoms with E-state index in [4.69, 9.17) is 5.11 Å². The number of nitrogens with one attached hydrogen (secondary N) is 2. The van der Waals surface area contributed by atoms with E-state index < -0.39 is 10.0 Å². The fourth-order valence-corrected chi connectivity index (χ4v) is 3.68. The summed E-state index contributed by atoms with van der Waals surface area (Å²) in [4.78, 5) is 8.69. The van der Waals surface area contributed by atoms with E-state index in [9.17, 15) is 8.42 Å². The summed E-state index contributed by atoms with van der Waals surface area (Å²) >= 11 is 1.52. The highest BCUT2D eigenvalue weighted by Crippen LogP contribution is 2.34. The normalized spacial score (nSPS) is 11.6. The van der Waals surface area contributed by atoms with Crippen molar-refractivity contribution in [3.8, 4) is 11.1 Å². The second-order valence-corrected chi connectivity index (χ2v) is 7.82. The van der Waals surface area contributed by atoms with Crippen LogP contribution in [-0.4, -0.2) is 42.9 Å². The zero-order valence-corrected chi connectivity index (χ0v) is 14.5. The Morgan fingerprint density at radius 3 is 2.92 bits per heavy atom. The molecule has 0 fully saturated rings. The molecule has 0 bridgehead atoms. The number of hydrogen-bond acceptors (Lipinski definition) is 7. The van der Waals surface area contributed by atoms with Gasteiger partial charge in [0.1, 0.15) is 0 Å². The molecule has 0 unspecified atom stereocenters. The summed E-state index contributed by atoms with van der Waals surface area (Å²) in [5, 5.41) is 13.8. The molecule has 0 amide bonds. The molecule has 1 aromatic carbocycles. The molecule has 0 aliphatic carbocycles. The number of thiophene rings is 1. The van der Waals surface area contributed by atoms with Crippen molar-refractivity contribution in [1.82, 2.24) is 9.97 Å². The quantitative estimate of drug-likeness (QED) is 0.619. The summed E-state index contributed by atoms with van der Waals surface area (Å²) in [6.07, 6.45) is 2.85. The predicted molar refractivity (Wildman–Crippen MR) is 96.9 cm³/mol. The Bertz CT molecular complexity index is 970. The molecule has 3 N–H and O–H groups in total. The number of fused-ring (bicyclic) bond motifs is 1. The molecular weight excluding hydrogens is 348 g/mol. The number of nitrogens with zero attached hydrogens (tertiary/aromatic N) is 2. The van der Waals surface area contributed by atoms with Crippen LogP contribution >= 0.6 is 11.3 Å². The molecule has 2 aromatic heterocycles. The number of hydrogen-bond donors (Lipinski definition) is 3. The number of sulfonamides is 1. The highest BCUT2D eigenvalue weighted by molar-refractivity contribution is 7.92. The van der Waals surface area contributed by atoms with Crippen molar-refractivity contribution in [3.05, 3.63) is 35.8 Å². The number of aliphatic hydroxyl groups excluding tert-OH is 1. The minimum absolute atomic E-state index is 0.00288. The summed E-state index contributed by atoms with van der Waals surface area (Å²) < 4.78 is 26.2. The summed E-state index contributed by atoms with van der Waals surface area (Å²) in [6, 6.07) is 7.16. The van der Waals surface area contributed by atoms with Crippen LogP contribution in [0, 0.1) is 0 Å². The third kappa shape index (κ3) is 3.81. The second kappa shape index (κ2) is 6.71. The maximum Gasteiger partial charge on any atom is 0.229 e. The average molecular weight is 364 g/mol. The van der Waals surface area contributed by atoms with Gasteiger partial charge in [-0.3, -0.25) is 4.72 Å². The van der Waals surface area contributed by atoms with Crippen molar-refractivity contribution >= 4 is 43.2 Å². The smallest absolute Gasteiger partial charge is 0.229 e. The van der Waals surface area contributed by atoms with Gasteiger partial charge in [0.05, 0.1) is 29.3 Å². The number of aromatic nitrogens is 2. The van der Waals surface area contributed by atoms with Gasteiger partial charge in [-0.1, -0.05) is 12.1 Å². The zero-order chi connectivity index (χ0) is 17.2. The first-order valence-electron chi connectivity index (χ1n) is 7.13. The molecule has 0 saturated carbocycles. The van der Waals surface area contributed by atoms with Gasteiger partial charge in [0.25, 0.3) is 0 Å². The van der Waals surface area contributed by atoms with E-state index in [-0.39, 0.29) is 6.61 Å². The van der Waals surface area contributed by atoms with Gasteiger partial charge in [-0.25, -0.2) is 18.4 Å². The van der Waals surface area contributed by atoms with E-state index in [0.29, 0.717) is 18.2 Å². The van der Waals surface area contributed by atoms with Gasteiger partial charge < -0.3 is 10.4 Å². The highest BCUT2D eigenvalue weighted by Gasteiger charge is 2.11. The molecule has 3 aromatic rings. The molecule has 9 heteroatoms. The molecule has 2 heterocycles. The van der Waals surface area contributed by atoms with Crippen LogP contribution in [0.5, 0.6) is 0 Å². The van der Waals surface area contributed by atoms with Crippen molar-refractivity contribution in [2.24, 2.45) is 0 Å². The van der Waals surface area contributed by atoms with Crippen LogP contribution in [0.15, 0.2) is 35.8 Å². The maximum atomic E-state index is 11.4. The lowest BCUT2D eigenvalue weighted by Gasteiger charge is -2.07. The van der Waals surface area contributed by atoms with Crippen LogP contribution in [-0.2, 0) is 10.0 Å². The number of rotatable bonds is 6. The summed E-state index contributed by atoms with van der Waals surface area (Å²) in [5.41, 5.74) is 3.05. The topological polar surface area (TPSA) is 104 Å². The van der Waals surface area contributed by atoms with Gasteiger partial charge in [-0.15, -0.1) is 11.3 Å². The number of benzene rings is 1. The Morgan fingerprint density at radius 2 is 2.17 bits per heavy atom. The van der Waals surface area contributed by atoms with E-state index in [0.717, 1.165) is 27.6 Å². The number of anilines is 2. The van der Waals surface area contributed by atoms with Crippen molar-refractivity contribution in [1.29, 1.82) is 0 Å². The molecule has 0 radical (unpaired) electrons. The van der Waals surface area contributed by atoms with E-state index in [1.165, 1.54) is 11.3 Å². The molecule has 126 valence electrons. The fraction of sp³-hybridized carbons (Fsp3) is 0.200. The Morgan fingerprint density at radius 1 is 1.33 bits per heavy atom. The van der Waals surface area contributed by atoms with Gasteiger partial charge in [0.2, 0.25) is 16.0 Å². The lowest BCUT2D eigenvalue weighted by molar-refractivity contribution is 0.311. The molecule has 24 heavy (non-hydrogen) atoms. The van der Waals surface area contributed by atoms with E-state index in [2.05, 4.69) is 20.0 Å². The monoisotopic (exact) mass is 364 g/mol. The Hall–Kier alpha value is -2.23. The third-order valence-electron chi connectivity index (χ3n) is 3.19. The van der Waals surface area contributed by atoms with Gasteiger partial charge >= 0.3 is 0 Å². The summed E-state index contributed by atoms with van der Waals surface area (Å²) in [6.45, 7) is 0.371. The Labute approximate surface area is 143 Å². The molecule has 0 aliphatic heterocycles. The fourth-order valence-electron chi connectivity index (χ4n) is 2.25. The van der Waals surface area contributed by atoms with Gasteiger partial charge in [-0.2, -0.15) is 0 Å². The van der Waals surface area contributed by atoms with Crippen molar-refractivity contribution in [3.63, 3.8) is 0 Å². The van der Waals surface area contributed by atoms with Crippen molar-refractivity contribution in [2.75, 3.05) is 29.4 Å². The zero-order valence-electron chi connectivity index (χ0n) is 12.9. The van der Waals surface area contributed by atoms with E-state index in [1.807, 2.05) is 11.4 Å². The van der Waals surface area contributed by atoms with E-state index in [1.54, 1.807) is 24.4 Å². The first-order chi connectivity index (χ1) is 11.5. The first-order valence-corrected chi connectivity index (χ1v) is 9.90. The minimum atomic E-state index is -3.33. The molecule has 0 saturated heterocycles. The van der Waals surface area contributed by atoms with Crippen LogP contribution in [0.2, 0.25) is 0 Å². The average Bonchev–Trinajstić information content (AvgIpc) is 2.94. The van der Waals surface area contributed by atoms with Crippen LogP contribution in [0.1, 0.15) is 0 Å². The van der Waals surface area contributed by atoms with Gasteiger partial charge in [0.15, 0.2) is 0 Å². The minimum Gasteiger partial charge on any atom is -0.395 e. The number of aliphatic hydroxyl groups is 1. The first kappa shape index (κ1) is 16.6. The summed E-state index contributed by atoms with van der Waals surface area (Å²) in [5.74, 6) is 0.446. The molecule has 0 aliphatic rings. The standard InChI is InChI=1S/C15H16N4O3S2/c1-24(21,22)19-11-4-2-3-10(7-11)12-9-23-13-8-17-15(16-5-6-20)18-14(12)13/h2-4,7-9,19-20H,5-6H2,1H3,(H,16,17,18). The Kier molecular flexibility index (Phi) is 4.65. The third-order valence-corrected chi connectivity index (χ3v) is 4.70. The molecule has 7 nitrogen and oxygen atoms in total. The van der Waals surface area contributed by atoms with Gasteiger partial charge in [-0.05, 0) is 17.7 Å². The molecular formula is C15H16N4O3S2. The highest BCUT2D eigenvalue weighted by atomic mass is 32.2. The Balaban J connectivity index is 2.01. The lowest BCUT2D eigenvalue weighted by Crippen LogP contribution is -2.09. The predicted octanol–water partition coefficient (Wildman–Crippen LogP) is 2.13.